The number of piperidine rings is 1. The van der Waals surface area contributed by atoms with Gasteiger partial charge in [0.1, 0.15) is 6.04 Å². The van der Waals surface area contributed by atoms with Gasteiger partial charge in [0.05, 0.1) is 6.54 Å². The van der Waals surface area contributed by atoms with Crippen molar-refractivity contribution in [2.75, 3.05) is 6.54 Å². The standard InChI is InChI=1S/C9H14N6O3/c16-8(17)6-3-1-2-4-15(6)9(18)10-5-7-11-13-14-12-7/h6H,1-5H2,(H,10,18)(H,16,17)(H,11,12,13,14). The van der Waals surface area contributed by atoms with Gasteiger partial charge in [-0.3, -0.25) is 0 Å². The maximum absolute atomic E-state index is 11.9. The molecule has 1 aliphatic rings. The van der Waals surface area contributed by atoms with Crippen molar-refractivity contribution in [2.45, 2.75) is 31.8 Å². The highest BCUT2D eigenvalue weighted by Gasteiger charge is 2.31. The molecule has 1 atom stereocenters. The Kier molecular flexibility index (Phi) is 3.70. The monoisotopic (exact) mass is 254 g/mol. The van der Waals surface area contributed by atoms with Gasteiger partial charge in [-0.1, -0.05) is 5.21 Å². The molecule has 1 aliphatic heterocycles. The molecule has 1 unspecified atom stereocenters. The number of urea groups is 1. The maximum Gasteiger partial charge on any atom is 0.326 e. The third-order valence-electron chi connectivity index (χ3n) is 2.84. The topological polar surface area (TPSA) is 124 Å². The number of carboxylic acid groups (broad SMARTS) is 1. The van der Waals surface area contributed by atoms with Crippen LogP contribution in [0.5, 0.6) is 0 Å². The van der Waals surface area contributed by atoms with E-state index in [0.717, 1.165) is 12.8 Å². The number of aromatic amines is 1. The lowest BCUT2D eigenvalue weighted by molar-refractivity contribution is -0.143. The molecule has 0 aromatic carbocycles. The van der Waals surface area contributed by atoms with Gasteiger partial charge >= 0.3 is 12.0 Å². The quantitative estimate of drug-likeness (QED) is 0.658. The number of aromatic nitrogens is 4. The van der Waals surface area contributed by atoms with Crippen molar-refractivity contribution in [1.82, 2.24) is 30.8 Å². The Balaban J connectivity index is 1.92. The van der Waals surface area contributed by atoms with Crippen molar-refractivity contribution in [2.24, 2.45) is 0 Å². The summed E-state index contributed by atoms with van der Waals surface area (Å²) in [6.07, 6.45) is 2.13. The molecule has 3 N–H and O–H groups in total. The van der Waals surface area contributed by atoms with Crippen LogP contribution >= 0.6 is 0 Å². The molecule has 0 spiro atoms. The summed E-state index contributed by atoms with van der Waals surface area (Å²) in [6.45, 7) is 0.577. The summed E-state index contributed by atoms with van der Waals surface area (Å²) in [5.41, 5.74) is 0. The van der Waals surface area contributed by atoms with Crippen LogP contribution in [0.25, 0.3) is 0 Å². The number of carbonyl (C=O) groups excluding carboxylic acids is 1. The molecule has 2 rings (SSSR count). The fourth-order valence-corrected chi connectivity index (χ4v) is 1.94. The van der Waals surface area contributed by atoms with Crippen LogP contribution in [0.2, 0.25) is 0 Å². The molecule has 2 amide bonds. The van der Waals surface area contributed by atoms with E-state index in [4.69, 9.17) is 5.11 Å². The first-order chi connectivity index (χ1) is 8.68. The second-order valence-electron chi connectivity index (χ2n) is 4.03. The molecule has 1 aromatic rings. The van der Waals surface area contributed by atoms with Gasteiger partial charge in [-0.2, -0.15) is 5.21 Å². The van der Waals surface area contributed by atoms with Crippen LogP contribution in [0.15, 0.2) is 0 Å². The zero-order valence-electron chi connectivity index (χ0n) is 9.67. The normalized spacial score (nSPS) is 19.6. The number of nitrogens with zero attached hydrogens (tertiary/aromatic N) is 4. The third-order valence-corrected chi connectivity index (χ3v) is 2.84. The summed E-state index contributed by atoms with van der Waals surface area (Å²) < 4.78 is 0. The summed E-state index contributed by atoms with van der Waals surface area (Å²) in [6, 6.07) is -1.16. The fraction of sp³-hybridized carbons (Fsp3) is 0.667. The second-order valence-corrected chi connectivity index (χ2v) is 4.03. The molecule has 0 aliphatic carbocycles. The summed E-state index contributed by atoms with van der Waals surface area (Å²) >= 11 is 0. The van der Waals surface area contributed by atoms with E-state index in [2.05, 4.69) is 25.9 Å². The van der Waals surface area contributed by atoms with Crippen LogP contribution in [0.3, 0.4) is 0 Å². The average molecular weight is 254 g/mol. The van der Waals surface area contributed by atoms with E-state index in [9.17, 15) is 9.59 Å². The number of carboxylic acids is 1. The van der Waals surface area contributed by atoms with Crippen LogP contribution in [0.1, 0.15) is 25.1 Å². The summed E-state index contributed by atoms with van der Waals surface area (Å²) in [7, 11) is 0. The Morgan fingerprint density at radius 1 is 1.50 bits per heavy atom. The van der Waals surface area contributed by atoms with Gasteiger partial charge in [-0.05, 0) is 19.3 Å². The average Bonchev–Trinajstić information content (AvgIpc) is 2.89. The van der Waals surface area contributed by atoms with Gasteiger partial charge in [-0.15, -0.1) is 10.2 Å². The largest absolute Gasteiger partial charge is 0.480 e. The van der Waals surface area contributed by atoms with Crippen LogP contribution in [-0.2, 0) is 11.3 Å². The number of likely N-dealkylation sites (tertiary alicyclic amines) is 1. The number of hydrogen-bond donors (Lipinski definition) is 3. The summed E-state index contributed by atoms with van der Waals surface area (Å²) in [4.78, 5) is 24.3. The predicted octanol–water partition coefficient (Wildman–Crippen LogP) is -0.652. The first-order valence-corrected chi connectivity index (χ1v) is 5.68. The fourth-order valence-electron chi connectivity index (χ4n) is 1.94. The Bertz CT molecular complexity index is 420. The highest BCUT2D eigenvalue weighted by atomic mass is 16.4. The number of aliphatic carboxylic acids is 1. The van der Waals surface area contributed by atoms with E-state index in [1.54, 1.807) is 0 Å². The summed E-state index contributed by atoms with van der Waals surface area (Å²) in [5, 5.41) is 24.6. The van der Waals surface area contributed by atoms with Gasteiger partial charge < -0.3 is 15.3 Å². The minimum absolute atomic E-state index is 0.123. The van der Waals surface area contributed by atoms with Crippen molar-refractivity contribution in [3.63, 3.8) is 0 Å². The van der Waals surface area contributed by atoms with E-state index in [1.807, 2.05) is 0 Å². The molecule has 9 nitrogen and oxygen atoms in total. The number of amides is 2. The Labute approximate surface area is 103 Å². The highest BCUT2D eigenvalue weighted by molar-refractivity contribution is 5.82. The Morgan fingerprint density at radius 2 is 2.33 bits per heavy atom. The van der Waals surface area contributed by atoms with Crippen molar-refractivity contribution >= 4 is 12.0 Å². The van der Waals surface area contributed by atoms with Crippen LogP contribution in [0.4, 0.5) is 4.79 Å². The van der Waals surface area contributed by atoms with Gasteiger partial charge in [0.15, 0.2) is 5.82 Å². The number of H-pyrrole nitrogens is 1. The van der Waals surface area contributed by atoms with E-state index in [-0.39, 0.29) is 6.54 Å². The molecule has 0 radical (unpaired) electrons. The molecule has 98 valence electrons. The van der Waals surface area contributed by atoms with E-state index in [0.29, 0.717) is 18.8 Å². The van der Waals surface area contributed by atoms with E-state index >= 15 is 0 Å². The molecule has 1 saturated heterocycles. The van der Waals surface area contributed by atoms with Crippen molar-refractivity contribution in [3.05, 3.63) is 5.82 Å². The lowest BCUT2D eigenvalue weighted by Crippen LogP contribution is -2.51. The van der Waals surface area contributed by atoms with Crippen LogP contribution in [0, 0.1) is 0 Å². The third kappa shape index (κ3) is 2.73. The molecule has 2 heterocycles. The van der Waals surface area contributed by atoms with Crippen molar-refractivity contribution in [1.29, 1.82) is 0 Å². The van der Waals surface area contributed by atoms with Crippen molar-refractivity contribution < 1.29 is 14.7 Å². The van der Waals surface area contributed by atoms with Crippen molar-refractivity contribution in [3.8, 4) is 0 Å². The van der Waals surface area contributed by atoms with Crippen LogP contribution in [-0.4, -0.2) is 55.2 Å². The number of hydrogen-bond acceptors (Lipinski definition) is 5. The lowest BCUT2D eigenvalue weighted by atomic mass is 10.0. The van der Waals surface area contributed by atoms with E-state index < -0.39 is 18.0 Å². The minimum Gasteiger partial charge on any atom is -0.480 e. The predicted molar refractivity (Wildman–Crippen MR) is 58.4 cm³/mol. The van der Waals surface area contributed by atoms with Gasteiger partial charge in [0, 0.05) is 6.54 Å². The lowest BCUT2D eigenvalue weighted by Gasteiger charge is -2.32. The number of nitrogens with one attached hydrogen (secondary N) is 2. The molecule has 0 bridgehead atoms. The molecular formula is C9H14N6O3. The SMILES string of the molecule is O=C(O)C1CCCCN1C(=O)NCc1nn[nH]n1. The second kappa shape index (κ2) is 5.43. The Morgan fingerprint density at radius 3 is 3.00 bits per heavy atom. The minimum atomic E-state index is -0.968. The zero-order chi connectivity index (χ0) is 13.0. The number of rotatable bonds is 3. The molecular weight excluding hydrogens is 240 g/mol. The van der Waals surface area contributed by atoms with Gasteiger partial charge in [-0.25, -0.2) is 9.59 Å². The Hall–Kier alpha value is -2.19. The molecule has 1 fully saturated rings. The smallest absolute Gasteiger partial charge is 0.326 e. The zero-order valence-corrected chi connectivity index (χ0v) is 9.67. The first kappa shape index (κ1) is 12.3. The molecule has 9 heteroatoms. The number of tetrazole rings is 1. The highest BCUT2D eigenvalue weighted by Crippen LogP contribution is 2.17. The maximum atomic E-state index is 11.9. The first-order valence-electron chi connectivity index (χ1n) is 5.68. The molecule has 1 aromatic heterocycles. The van der Waals surface area contributed by atoms with Crippen LogP contribution < -0.4 is 5.32 Å². The van der Waals surface area contributed by atoms with Gasteiger partial charge in [0.25, 0.3) is 0 Å². The van der Waals surface area contributed by atoms with Gasteiger partial charge in [0.2, 0.25) is 0 Å². The number of carbonyl (C=O) groups is 2. The summed E-state index contributed by atoms with van der Waals surface area (Å²) in [5.74, 6) is -0.614. The van der Waals surface area contributed by atoms with E-state index in [1.165, 1.54) is 4.90 Å². The molecule has 0 saturated carbocycles. The molecule has 18 heavy (non-hydrogen) atoms.